The van der Waals surface area contributed by atoms with Crippen LogP contribution in [-0.2, 0) is 0 Å². The molecule has 0 unspecified atom stereocenters. The number of hydrogen-bond donors (Lipinski definition) is 1. The summed E-state index contributed by atoms with van der Waals surface area (Å²) in [6.45, 7) is 7.35. The highest BCUT2D eigenvalue weighted by atomic mass is 16.5. The lowest BCUT2D eigenvalue weighted by Gasteiger charge is -2.34. The van der Waals surface area contributed by atoms with Crippen molar-refractivity contribution < 1.29 is 14.4 Å². The van der Waals surface area contributed by atoms with Gasteiger partial charge < -0.3 is 14.5 Å². The lowest BCUT2D eigenvalue weighted by molar-refractivity contribution is 0.0613. The number of hydrogen-bond acceptors (Lipinski definition) is 5. The highest BCUT2D eigenvalue weighted by molar-refractivity contribution is 5.96. The molecular weight excluding hydrogens is 234 g/mol. The summed E-state index contributed by atoms with van der Waals surface area (Å²) in [4.78, 5) is 16.3. The SMILES string of the molecule is Cc1noc(C)c1C(=O)N1CCN(CCO)CC1. The first-order chi connectivity index (χ1) is 8.63. The first-order valence-electron chi connectivity index (χ1n) is 6.19. The van der Waals surface area contributed by atoms with E-state index in [1.54, 1.807) is 13.8 Å². The van der Waals surface area contributed by atoms with Crippen molar-refractivity contribution in [1.29, 1.82) is 0 Å². The minimum atomic E-state index is -0.00472. The number of aromatic nitrogens is 1. The molecule has 1 aromatic rings. The van der Waals surface area contributed by atoms with Crippen LogP contribution in [0.4, 0.5) is 0 Å². The Kier molecular flexibility index (Phi) is 3.98. The third kappa shape index (κ3) is 2.54. The number of aliphatic hydroxyl groups is 1. The lowest BCUT2D eigenvalue weighted by atomic mass is 10.1. The first kappa shape index (κ1) is 13.0. The number of β-amino-alcohol motifs (C(OH)–C–C–N with tert-alkyl or cyclic N) is 1. The normalized spacial score (nSPS) is 17.2. The van der Waals surface area contributed by atoms with E-state index in [0.717, 1.165) is 13.1 Å². The standard InChI is InChI=1S/C12H19N3O3/c1-9-11(10(2)18-13-9)12(17)15-5-3-14(4-6-15)7-8-16/h16H,3-8H2,1-2H3. The Hall–Kier alpha value is -1.40. The van der Waals surface area contributed by atoms with Gasteiger partial charge in [-0.05, 0) is 13.8 Å². The molecule has 1 aromatic heterocycles. The third-order valence-electron chi connectivity index (χ3n) is 3.32. The van der Waals surface area contributed by atoms with Crippen molar-refractivity contribution >= 4 is 5.91 Å². The summed E-state index contributed by atoms with van der Waals surface area (Å²) in [5, 5.41) is 12.7. The number of carbonyl (C=O) groups excluding carboxylic acids is 1. The topological polar surface area (TPSA) is 69.8 Å². The van der Waals surface area contributed by atoms with Crippen LogP contribution in [0.1, 0.15) is 21.8 Å². The van der Waals surface area contributed by atoms with Gasteiger partial charge in [0, 0.05) is 32.7 Å². The van der Waals surface area contributed by atoms with Crippen LogP contribution in [0.25, 0.3) is 0 Å². The van der Waals surface area contributed by atoms with Crippen LogP contribution in [-0.4, -0.2) is 65.3 Å². The molecule has 100 valence electrons. The summed E-state index contributed by atoms with van der Waals surface area (Å²) < 4.78 is 5.03. The fraction of sp³-hybridized carbons (Fsp3) is 0.667. The maximum absolute atomic E-state index is 12.3. The highest BCUT2D eigenvalue weighted by Crippen LogP contribution is 2.16. The molecule has 18 heavy (non-hydrogen) atoms. The summed E-state index contributed by atoms with van der Waals surface area (Å²) in [6, 6.07) is 0. The predicted molar refractivity (Wildman–Crippen MR) is 65.4 cm³/mol. The van der Waals surface area contributed by atoms with Crippen molar-refractivity contribution in [3.8, 4) is 0 Å². The minimum Gasteiger partial charge on any atom is -0.395 e. The van der Waals surface area contributed by atoms with Crippen molar-refractivity contribution in [1.82, 2.24) is 15.0 Å². The van der Waals surface area contributed by atoms with Gasteiger partial charge in [-0.3, -0.25) is 9.69 Å². The zero-order valence-electron chi connectivity index (χ0n) is 10.8. The summed E-state index contributed by atoms with van der Waals surface area (Å²) >= 11 is 0. The molecule has 1 aliphatic heterocycles. The van der Waals surface area contributed by atoms with E-state index in [1.165, 1.54) is 0 Å². The van der Waals surface area contributed by atoms with E-state index in [0.29, 0.717) is 36.7 Å². The van der Waals surface area contributed by atoms with Crippen LogP contribution >= 0.6 is 0 Å². The number of amides is 1. The molecule has 0 radical (unpaired) electrons. The van der Waals surface area contributed by atoms with Gasteiger partial charge in [0.2, 0.25) is 0 Å². The summed E-state index contributed by atoms with van der Waals surface area (Å²) in [5.74, 6) is 0.574. The highest BCUT2D eigenvalue weighted by Gasteiger charge is 2.26. The smallest absolute Gasteiger partial charge is 0.259 e. The van der Waals surface area contributed by atoms with Crippen molar-refractivity contribution in [2.75, 3.05) is 39.3 Å². The number of aryl methyl sites for hydroxylation is 2. The maximum Gasteiger partial charge on any atom is 0.259 e. The van der Waals surface area contributed by atoms with Crippen LogP contribution in [0.3, 0.4) is 0 Å². The van der Waals surface area contributed by atoms with Gasteiger partial charge in [0.15, 0.2) is 0 Å². The van der Waals surface area contributed by atoms with Crippen LogP contribution in [0.2, 0.25) is 0 Å². The molecule has 1 fully saturated rings. The van der Waals surface area contributed by atoms with Crippen molar-refractivity contribution in [3.63, 3.8) is 0 Å². The van der Waals surface area contributed by atoms with Crippen LogP contribution in [0.15, 0.2) is 4.52 Å². The molecule has 6 nitrogen and oxygen atoms in total. The fourth-order valence-corrected chi connectivity index (χ4v) is 2.26. The summed E-state index contributed by atoms with van der Waals surface area (Å²) in [6.07, 6.45) is 0. The number of aliphatic hydroxyl groups excluding tert-OH is 1. The zero-order chi connectivity index (χ0) is 13.1. The Bertz CT molecular complexity index is 403. The Morgan fingerprint density at radius 2 is 2.00 bits per heavy atom. The van der Waals surface area contributed by atoms with E-state index in [1.807, 2.05) is 4.90 Å². The van der Waals surface area contributed by atoms with E-state index >= 15 is 0 Å². The molecule has 2 rings (SSSR count). The largest absolute Gasteiger partial charge is 0.395 e. The van der Waals surface area contributed by atoms with E-state index in [2.05, 4.69) is 10.1 Å². The van der Waals surface area contributed by atoms with Gasteiger partial charge in [0.1, 0.15) is 11.3 Å². The molecule has 1 aliphatic rings. The molecule has 0 aliphatic carbocycles. The van der Waals surface area contributed by atoms with Crippen molar-refractivity contribution in [3.05, 3.63) is 17.0 Å². The molecule has 0 bridgehead atoms. The van der Waals surface area contributed by atoms with E-state index in [-0.39, 0.29) is 12.5 Å². The molecule has 2 heterocycles. The summed E-state index contributed by atoms with van der Waals surface area (Å²) in [7, 11) is 0. The molecule has 0 aromatic carbocycles. The van der Waals surface area contributed by atoms with Crippen LogP contribution < -0.4 is 0 Å². The quantitative estimate of drug-likeness (QED) is 0.823. The van der Waals surface area contributed by atoms with Gasteiger partial charge in [0.25, 0.3) is 5.91 Å². The van der Waals surface area contributed by atoms with E-state index in [4.69, 9.17) is 9.63 Å². The number of piperazine rings is 1. The Morgan fingerprint density at radius 3 is 2.50 bits per heavy atom. The fourth-order valence-electron chi connectivity index (χ4n) is 2.26. The van der Waals surface area contributed by atoms with Crippen LogP contribution in [0, 0.1) is 13.8 Å². The van der Waals surface area contributed by atoms with Crippen molar-refractivity contribution in [2.45, 2.75) is 13.8 Å². The van der Waals surface area contributed by atoms with Gasteiger partial charge in [-0.1, -0.05) is 5.16 Å². The molecule has 1 amide bonds. The zero-order valence-corrected chi connectivity index (χ0v) is 10.8. The van der Waals surface area contributed by atoms with Crippen molar-refractivity contribution in [2.24, 2.45) is 0 Å². The average Bonchev–Trinajstić information content (AvgIpc) is 2.70. The van der Waals surface area contributed by atoms with E-state index in [9.17, 15) is 4.79 Å². The Balaban J connectivity index is 2.00. The number of rotatable bonds is 3. The Morgan fingerprint density at radius 1 is 1.33 bits per heavy atom. The lowest BCUT2D eigenvalue weighted by Crippen LogP contribution is -2.49. The molecule has 0 saturated carbocycles. The van der Waals surface area contributed by atoms with Gasteiger partial charge in [-0.15, -0.1) is 0 Å². The molecule has 0 atom stereocenters. The van der Waals surface area contributed by atoms with Gasteiger partial charge in [0.05, 0.1) is 12.3 Å². The van der Waals surface area contributed by atoms with Gasteiger partial charge >= 0.3 is 0 Å². The second-order valence-corrected chi connectivity index (χ2v) is 4.56. The monoisotopic (exact) mass is 253 g/mol. The Labute approximate surface area is 106 Å². The molecule has 6 heteroatoms. The average molecular weight is 253 g/mol. The number of carbonyl (C=O) groups is 1. The summed E-state index contributed by atoms with van der Waals surface area (Å²) in [5.41, 5.74) is 1.24. The number of nitrogens with zero attached hydrogens (tertiary/aromatic N) is 3. The van der Waals surface area contributed by atoms with Crippen LogP contribution in [0.5, 0.6) is 0 Å². The molecule has 1 saturated heterocycles. The second kappa shape index (κ2) is 5.49. The molecule has 1 N–H and O–H groups in total. The minimum absolute atomic E-state index is 0.00472. The van der Waals surface area contributed by atoms with E-state index < -0.39 is 0 Å². The predicted octanol–water partition coefficient (Wildman–Crippen LogP) is 0.0415. The second-order valence-electron chi connectivity index (χ2n) is 4.56. The maximum atomic E-state index is 12.3. The van der Waals surface area contributed by atoms with Gasteiger partial charge in [-0.2, -0.15) is 0 Å². The first-order valence-corrected chi connectivity index (χ1v) is 6.19. The third-order valence-corrected chi connectivity index (χ3v) is 3.32. The van der Waals surface area contributed by atoms with Gasteiger partial charge in [-0.25, -0.2) is 0 Å². The molecular formula is C12H19N3O3. The molecule has 0 spiro atoms.